The first-order valence-corrected chi connectivity index (χ1v) is 9.34. The summed E-state index contributed by atoms with van der Waals surface area (Å²) in [4.78, 5) is 9.13. The highest BCUT2D eigenvalue weighted by atomic mass is 15.3. The molecule has 3 aromatic rings. The Morgan fingerprint density at radius 2 is 1.60 bits per heavy atom. The van der Waals surface area contributed by atoms with Crippen molar-refractivity contribution in [1.82, 2.24) is 19.6 Å². The highest BCUT2D eigenvalue weighted by Crippen LogP contribution is 2.41. The summed E-state index contributed by atoms with van der Waals surface area (Å²) in [5, 5.41) is 4.54. The molecule has 2 aromatic heterocycles. The van der Waals surface area contributed by atoms with Crippen LogP contribution in [0.15, 0.2) is 18.5 Å². The van der Waals surface area contributed by atoms with Crippen molar-refractivity contribution < 1.29 is 0 Å². The van der Waals surface area contributed by atoms with Crippen molar-refractivity contribution in [2.75, 3.05) is 0 Å². The lowest BCUT2D eigenvalue weighted by atomic mass is 9.81. The molecule has 1 saturated carbocycles. The summed E-state index contributed by atoms with van der Waals surface area (Å²) in [6, 6.07) is 4.55. The van der Waals surface area contributed by atoms with E-state index in [1.165, 1.54) is 65.6 Å². The van der Waals surface area contributed by atoms with E-state index in [0.29, 0.717) is 5.92 Å². The van der Waals surface area contributed by atoms with E-state index in [2.05, 4.69) is 49.9 Å². The van der Waals surface area contributed by atoms with Crippen molar-refractivity contribution >= 4 is 5.78 Å². The van der Waals surface area contributed by atoms with Crippen LogP contribution in [0.1, 0.15) is 66.1 Å². The minimum absolute atomic E-state index is 0.537. The summed E-state index contributed by atoms with van der Waals surface area (Å²) in [5.74, 6) is 1.26. The Labute approximate surface area is 149 Å². The summed E-state index contributed by atoms with van der Waals surface area (Å²) in [5.41, 5.74) is 8.93. The second-order valence-corrected chi connectivity index (χ2v) is 7.54. The SMILES string of the molecule is Cc1cc(C)c(-c2c(C)nc3ncnn3c2C2CCCCC2)c(C)c1. The number of rotatable bonds is 2. The van der Waals surface area contributed by atoms with Crippen molar-refractivity contribution in [2.45, 2.75) is 65.7 Å². The van der Waals surface area contributed by atoms with Gasteiger partial charge in [-0.2, -0.15) is 10.1 Å². The van der Waals surface area contributed by atoms with Gasteiger partial charge in [-0.05, 0) is 57.2 Å². The molecule has 0 N–H and O–H groups in total. The van der Waals surface area contributed by atoms with Gasteiger partial charge in [-0.25, -0.2) is 9.50 Å². The molecular formula is C21H26N4. The Hall–Kier alpha value is -2.23. The summed E-state index contributed by atoms with van der Waals surface area (Å²) < 4.78 is 2.00. The molecule has 0 radical (unpaired) electrons. The zero-order chi connectivity index (χ0) is 17.6. The van der Waals surface area contributed by atoms with Crippen molar-refractivity contribution in [2.24, 2.45) is 0 Å². The Balaban J connectivity index is 2.05. The molecule has 4 heteroatoms. The molecule has 0 saturated heterocycles. The van der Waals surface area contributed by atoms with Gasteiger partial charge in [0.2, 0.25) is 0 Å². The van der Waals surface area contributed by atoms with Crippen LogP contribution in [0.2, 0.25) is 0 Å². The van der Waals surface area contributed by atoms with Gasteiger partial charge in [-0.1, -0.05) is 37.0 Å². The molecule has 1 fully saturated rings. The van der Waals surface area contributed by atoms with E-state index in [0.717, 1.165) is 11.5 Å². The molecule has 0 atom stereocenters. The van der Waals surface area contributed by atoms with Crippen molar-refractivity contribution in [1.29, 1.82) is 0 Å². The molecule has 0 spiro atoms. The van der Waals surface area contributed by atoms with Gasteiger partial charge in [0.25, 0.3) is 5.78 Å². The summed E-state index contributed by atoms with van der Waals surface area (Å²) in [6.07, 6.45) is 8.04. The van der Waals surface area contributed by atoms with Crippen molar-refractivity contribution in [3.8, 4) is 11.1 Å². The average molecular weight is 334 g/mol. The molecule has 0 aliphatic heterocycles. The average Bonchev–Trinajstić information content (AvgIpc) is 3.02. The standard InChI is InChI=1S/C21H26N4/c1-13-10-14(2)18(15(3)11-13)19-16(4)24-21-22-12-23-25(21)20(19)17-8-6-5-7-9-17/h10-12,17H,5-9H2,1-4H3. The first-order chi connectivity index (χ1) is 12.1. The fraction of sp³-hybridized carbons (Fsp3) is 0.476. The molecule has 4 nitrogen and oxygen atoms in total. The predicted molar refractivity (Wildman–Crippen MR) is 101 cm³/mol. The van der Waals surface area contributed by atoms with Crippen LogP contribution in [0.5, 0.6) is 0 Å². The predicted octanol–water partition coefficient (Wildman–Crippen LogP) is 5.07. The van der Waals surface area contributed by atoms with Crippen LogP contribution >= 0.6 is 0 Å². The maximum absolute atomic E-state index is 4.76. The van der Waals surface area contributed by atoms with E-state index in [4.69, 9.17) is 4.98 Å². The summed E-state index contributed by atoms with van der Waals surface area (Å²) in [6.45, 7) is 8.71. The van der Waals surface area contributed by atoms with E-state index >= 15 is 0 Å². The van der Waals surface area contributed by atoms with Crippen LogP contribution in [-0.4, -0.2) is 19.6 Å². The normalized spacial score (nSPS) is 15.8. The topological polar surface area (TPSA) is 43.1 Å². The van der Waals surface area contributed by atoms with Crippen LogP contribution < -0.4 is 0 Å². The molecule has 1 aliphatic carbocycles. The van der Waals surface area contributed by atoms with E-state index in [9.17, 15) is 0 Å². The molecule has 4 rings (SSSR count). The van der Waals surface area contributed by atoms with Crippen LogP contribution in [-0.2, 0) is 0 Å². The van der Waals surface area contributed by atoms with E-state index in [1.54, 1.807) is 6.33 Å². The maximum Gasteiger partial charge on any atom is 0.252 e. The molecule has 0 unspecified atom stereocenters. The number of aryl methyl sites for hydroxylation is 4. The Kier molecular flexibility index (Phi) is 4.06. The highest BCUT2D eigenvalue weighted by Gasteiger charge is 2.26. The fourth-order valence-corrected chi connectivity index (χ4v) is 4.62. The number of hydrogen-bond acceptors (Lipinski definition) is 3. The maximum atomic E-state index is 4.76. The monoisotopic (exact) mass is 334 g/mol. The Morgan fingerprint density at radius 3 is 2.28 bits per heavy atom. The number of benzene rings is 1. The summed E-state index contributed by atoms with van der Waals surface area (Å²) >= 11 is 0. The third kappa shape index (κ3) is 2.74. The zero-order valence-electron chi connectivity index (χ0n) is 15.6. The first-order valence-electron chi connectivity index (χ1n) is 9.34. The fourth-order valence-electron chi connectivity index (χ4n) is 4.62. The van der Waals surface area contributed by atoms with E-state index in [1.807, 2.05) is 4.52 Å². The number of fused-ring (bicyclic) bond motifs is 1. The van der Waals surface area contributed by atoms with Gasteiger partial charge < -0.3 is 0 Å². The van der Waals surface area contributed by atoms with Crippen molar-refractivity contribution in [3.63, 3.8) is 0 Å². The van der Waals surface area contributed by atoms with Gasteiger partial charge in [0.1, 0.15) is 6.33 Å². The molecule has 1 aromatic carbocycles. The lowest BCUT2D eigenvalue weighted by Gasteiger charge is -2.26. The molecule has 0 amide bonds. The zero-order valence-corrected chi connectivity index (χ0v) is 15.6. The minimum Gasteiger partial charge on any atom is -0.216 e. The van der Waals surface area contributed by atoms with E-state index < -0.39 is 0 Å². The van der Waals surface area contributed by atoms with Crippen LogP contribution in [0, 0.1) is 27.7 Å². The Morgan fingerprint density at radius 1 is 0.920 bits per heavy atom. The quantitative estimate of drug-likeness (QED) is 0.657. The molecule has 25 heavy (non-hydrogen) atoms. The molecular weight excluding hydrogens is 308 g/mol. The molecule has 2 heterocycles. The van der Waals surface area contributed by atoms with Gasteiger partial charge in [-0.15, -0.1) is 0 Å². The second kappa shape index (κ2) is 6.25. The van der Waals surface area contributed by atoms with Crippen molar-refractivity contribution in [3.05, 3.63) is 46.5 Å². The number of hydrogen-bond donors (Lipinski definition) is 0. The second-order valence-electron chi connectivity index (χ2n) is 7.54. The van der Waals surface area contributed by atoms with E-state index in [-0.39, 0.29) is 0 Å². The number of nitrogens with zero attached hydrogens (tertiary/aromatic N) is 4. The lowest BCUT2D eigenvalue weighted by molar-refractivity contribution is 0.431. The molecule has 1 aliphatic rings. The largest absolute Gasteiger partial charge is 0.252 e. The van der Waals surface area contributed by atoms with Gasteiger partial charge in [0.15, 0.2) is 0 Å². The van der Waals surface area contributed by atoms with Crippen LogP contribution in [0.4, 0.5) is 0 Å². The molecule has 130 valence electrons. The van der Waals surface area contributed by atoms with Gasteiger partial charge in [0.05, 0.1) is 11.4 Å². The smallest absolute Gasteiger partial charge is 0.216 e. The first kappa shape index (κ1) is 16.2. The molecule has 0 bridgehead atoms. The van der Waals surface area contributed by atoms with Gasteiger partial charge in [0, 0.05) is 11.5 Å². The van der Waals surface area contributed by atoms with Crippen LogP contribution in [0.3, 0.4) is 0 Å². The van der Waals surface area contributed by atoms with Gasteiger partial charge in [-0.3, -0.25) is 0 Å². The third-order valence-corrected chi connectivity index (χ3v) is 5.56. The minimum atomic E-state index is 0.537. The van der Waals surface area contributed by atoms with Gasteiger partial charge >= 0.3 is 0 Å². The number of aromatic nitrogens is 4. The Bertz CT molecular complexity index is 909. The highest BCUT2D eigenvalue weighted by molar-refractivity contribution is 5.76. The summed E-state index contributed by atoms with van der Waals surface area (Å²) in [7, 11) is 0. The lowest BCUT2D eigenvalue weighted by Crippen LogP contribution is -2.15. The third-order valence-electron chi connectivity index (χ3n) is 5.56. The van der Waals surface area contributed by atoms with Crippen LogP contribution in [0.25, 0.3) is 16.9 Å².